The minimum absolute atomic E-state index is 0.0706. The van der Waals surface area contributed by atoms with Gasteiger partial charge in [-0.1, -0.05) is 0 Å². The van der Waals surface area contributed by atoms with E-state index in [0.29, 0.717) is 0 Å². The Bertz CT molecular complexity index is 1190. The molecule has 1 amide bonds. The number of halogens is 2. The van der Waals surface area contributed by atoms with Crippen molar-refractivity contribution >= 4 is 32.6 Å². The number of rotatable bonds is 4. The number of ketones is 1. The number of nitrogens with zero attached hydrogens (tertiary/aromatic N) is 1. The summed E-state index contributed by atoms with van der Waals surface area (Å²) in [6.45, 7) is 0. The molecule has 2 aromatic heterocycles. The fraction of sp³-hybridized carbons (Fsp3) is 0.0625. The summed E-state index contributed by atoms with van der Waals surface area (Å²) in [4.78, 5) is 30.3. The Labute approximate surface area is 145 Å². The Morgan fingerprint density at radius 3 is 2.50 bits per heavy atom. The van der Waals surface area contributed by atoms with Crippen LogP contribution < -0.4 is 5.73 Å². The quantitative estimate of drug-likeness (QED) is 0.666. The van der Waals surface area contributed by atoms with Crippen LogP contribution in [0.5, 0.6) is 0 Å². The van der Waals surface area contributed by atoms with Crippen LogP contribution in [0.15, 0.2) is 35.5 Å². The smallest absolute Gasteiger partial charge is 0.251 e. The zero-order valence-electron chi connectivity index (χ0n) is 13.2. The number of H-pyrrole nitrogens is 1. The average molecular weight is 379 g/mol. The van der Waals surface area contributed by atoms with Crippen molar-refractivity contribution in [2.75, 3.05) is 6.26 Å². The van der Waals surface area contributed by atoms with Gasteiger partial charge in [-0.3, -0.25) is 9.59 Å². The molecule has 134 valence electrons. The molecule has 1 aromatic carbocycles. The Morgan fingerprint density at radius 2 is 1.88 bits per heavy atom. The summed E-state index contributed by atoms with van der Waals surface area (Å²) in [7, 11) is -3.61. The number of hydrogen-bond acceptors (Lipinski definition) is 5. The predicted octanol–water partition coefficient (Wildman–Crippen LogP) is 1.57. The topological polar surface area (TPSA) is 123 Å². The lowest BCUT2D eigenvalue weighted by molar-refractivity contribution is 0.0996. The number of aromatic amines is 1. The molecular formula is C16H11F2N3O4S. The summed E-state index contributed by atoms with van der Waals surface area (Å²) in [5.41, 5.74) is 3.38. The number of nitrogens with two attached hydrogens (primary N) is 1. The number of nitrogens with one attached hydrogen (secondary N) is 1. The second-order valence-electron chi connectivity index (χ2n) is 5.52. The highest BCUT2D eigenvalue weighted by Gasteiger charge is 2.26. The Morgan fingerprint density at radius 1 is 1.19 bits per heavy atom. The third-order valence-electron chi connectivity index (χ3n) is 3.76. The van der Waals surface area contributed by atoms with Crippen molar-refractivity contribution in [3.05, 3.63) is 58.9 Å². The van der Waals surface area contributed by atoms with Gasteiger partial charge in [0, 0.05) is 29.6 Å². The van der Waals surface area contributed by atoms with Gasteiger partial charge in [0.2, 0.25) is 5.78 Å². The van der Waals surface area contributed by atoms with Gasteiger partial charge in [0.05, 0.1) is 16.0 Å². The molecule has 10 heteroatoms. The molecule has 3 aromatic rings. The molecule has 0 aliphatic rings. The second-order valence-corrected chi connectivity index (χ2v) is 7.53. The van der Waals surface area contributed by atoms with Crippen molar-refractivity contribution < 1.29 is 26.8 Å². The van der Waals surface area contributed by atoms with Crippen LogP contribution in [0.3, 0.4) is 0 Å². The van der Waals surface area contributed by atoms with E-state index in [4.69, 9.17) is 5.73 Å². The van der Waals surface area contributed by atoms with Gasteiger partial charge in [-0.2, -0.15) is 0 Å². The normalized spacial score (nSPS) is 11.7. The van der Waals surface area contributed by atoms with E-state index < -0.39 is 44.3 Å². The molecule has 7 nitrogen and oxygen atoms in total. The van der Waals surface area contributed by atoms with E-state index in [1.165, 1.54) is 6.07 Å². The van der Waals surface area contributed by atoms with Crippen LogP contribution >= 0.6 is 0 Å². The maximum Gasteiger partial charge on any atom is 0.251 e. The van der Waals surface area contributed by atoms with Gasteiger partial charge >= 0.3 is 0 Å². The number of benzene rings is 1. The van der Waals surface area contributed by atoms with Crippen molar-refractivity contribution in [3.8, 4) is 0 Å². The van der Waals surface area contributed by atoms with Crippen molar-refractivity contribution in [2.45, 2.75) is 4.90 Å². The molecular weight excluding hydrogens is 368 g/mol. The fourth-order valence-corrected chi connectivity index (χ4v) is 3.04. The molecule has 0 aliphatic carbocycles. The second kappa shape index (κ2) is 5.99. The van der Waals surface area contributed by atoms with Crippen LogP contribution in [0.4, 0.5) is 8.78 Å². The summed E-state index contributed by atoms with van der Waals surface area (Å²) in [5.74, 6) is -4.80. The number of amides is 1. The minimum atomic E-state index is -3.61. The molecule has 0 spiro atoms. The molecule has 0 atom stereocenters. The van der Waals surface area contributed by atoms with Gasteiger partial charge in [-0.15, -0.1) is 0 Å². The Kier molecular flexibility index (Phi) is 4.07. The molecule has 2 heterocycles. The summed E-state index contributed by atoms with van der Waals surface area (Å²) in [6, 6.07) is 2.77. The lowest BCUT2D eigenvalue weighted by atomic mass is 9.99. The summed E-state index contributed by atoms with van der Waals surface area (Å²) >= 11 is 0. The van der Waals surface area contributed by atoms with Gasteiger partial charge in [-0.25, -0.2) is 22.2 Å². The highest BCUT2D eigenvalue weighted by molar-refractivity contribution is 7.90. The van der Waals surface area contributed by atoms with E-state index in [2.05, 4.69) is 9.97 Å². The summed E-state index contributed by atoms with van der Waals surface area (Å²) in [6.07, 6.45) is 3.21. The van der Waals surface area contributed by atoms with Crippen LogP contribution in [-0.2, 0) is 9.84 Å². The molecule has 0 fully saturated rings. The molecule has 3 rings (SSSR count). The predicted molar refractivity (Wildman–Crippen MR) is 87.5 cm³/mol. The van der Waals surface area contributed by atoms with Gasteiger partial charge in [-0.05, 0) is 18.2 Å². The lowest BCUT2D eigenvalue weighted by Crippen LogP contribution is -2.17. The van der Waals surface area contributed by atoms with E-state index in [1.54, 1.807) is 0 Å². The molecule has 0 aliphatic heterocycles. The van der Waals surface area contributed by atoms with E-state index >= 15 is 0 Å². The van der Waals surface area contributed by atoms with Gasteiger partial charge in [0.15, 0.2) is 9.84 Å². The largest absolute Gasteiger partial charge is 0.366 e. The first-order chi connectivity index (χ1) is 12.1. The summed E-state index contributed by atoms with van der Waals surface area (Å²) < 4.78 is 51.8. The number of carbonyl (C=O) groups excluding carboxylic acids is 2. The third-order valence-corrected chi connectivity index (χ3v) is 4.84. The highest BCUT2D eigenvalue weighted by atomic mass is 32.2. The Balaban J connectivity index is 2.24. The number of fused-ring (bicyclic) bond motifs is 1. The lowest BCUT2D eigenvalue weighted by Gasteiger charge is -2.07. The van der Waals surface area contributed by atoms with Crippen LogP contribution in [0.1, 0.15) is 26.3 Å². The molecule has 0 saturated carbocycles. The molecule has 0 bridgehead atoms. The first kappa shape index (κ1) is 17.7. The van der Waals surface area contributed by atoms with Crippen LogP contribution in [0.2, 0.25) is 0 Å². The van der Waals surface area contributed by atoms with Crippen molar-refractivity contribution in [1.29, 1.82) is 0 Å². The van der Waals surface area contributed by atoms with Crippen molar-refractivity contribution in [3.63, 3.8) is 0 Å². The van der Waals surface area contributed by atoms with Crippen LogP contribution in [0.25, 0.3) is 11.0 Å². The minimum Gasteiger partial charge on any atom is -0.366 e. The van der Waals surface area contributed by atoms with Crippen molar-refractivity contribution in [1.82, 2.24) is 9.97 Å². The van der Waals surface area contributed by atoms with Crippen molar-refractivity contribution in [2.24, 2.45) is 5.73 Å². The summed E-state index contributed by atoms with van der Waals surface area (Å²) in [5, 5.41) is 0.0706. The standard InChI is InChI=1S/C16H11F2N3O4S/c1-26(24,25)7-4-9-10(6-21-16(9)20-5-7)14(22)12-11(17)3-2-8(13(12)18)15(19)23/h2-6H,1H3,(H2,19,23)(H,20,21). The first-order valence-corrected chi connectivity index (χ1v) is 9.00. The maximum atomic E-state index is 14.4. The van der Waals surface area contributed by atoms with E-state index in [0.717, 1.165) is 30.8 Å². The SMILES string of the molecule is CS(=O)(=O)c1cnc2[nH]cc(C(=O)c3c(F)ccc(C(N)=O)c3F)c2c1. The molecule has 0 unspecified atom stereocenters. The number of pyridine rings is 1. The Hall–Kier alpha value is -3.14. The molecule has 26 heavy (non-hydrogen) atoms. The zero-order valence-corrected chi connectivity index (χ0v) is 14.0. The van der Waals surface area contributed by atoms with Gasteiger partial charge in [0.1, 0.15) is 17.3 Å². The molecule has 0 radical (unpaired) electrons. The van der Waals surface area contributed by atoms with Gasteiger partial charge < -0.3 is 10.7 Å². The first-order valence-electron chi connectivity index (χ1n) is 7.11. The number of sulfone groups is 1. The number of aromatic nitrogens is 2. The highest BCUT2D eigenvalue weighted by Crippen LogP contribution is 2.26. The number of hydrogen-bond donors (Lipinski definition) is 2. The van der Waals surface area contributed by atoms with Crippen LogP contribution in [-0.4, -0.2) is 36.3 Å². The fourth-order valence-electron chi connectivity index (χ4n) is 2.46. The van der Waals surface area contributed by atoms with E-state index in [1.807, 2.05) is 0 Å². The molecule has 3 N–H and O–H groups in total. The van der Waals surface area contributed by atoms with E-state index in [-0.39, 0.29) is 21.5 Å². The van der Waals surface area contributed by atoms with Gasteiger partial charge in [0.25, 0.3) is 5.91 Å². The van der Waals surface area contributed by atoms with Crippen LogP contribution in [0, 0.1) is 11.6 Å². The average Bonchev–Trinajstić information content (AvgIpc) is 2.96. The monoisotopic (exact) mass is 379 g/mol. The zero-order chi connectivity index (χ0) is 19.2. The number of carbonyl (C=O) groups is 2. The van der Waals surface area contributed by atoms with E-state index in [9.17, 15) is 26.8 Å². The number of primary amides is 1. The third kappa shape index (κ3) is 2.84. The maximum absolute atomic E-state index is 14.4. The molecule has 0 saturated heterocycles.